The number of ether oxygens (including phenoxy) is 1. The maximum Gasteiger partial charge on any atom is 0.471 e. The lowest BCUT2D eigenvalue weighted by molar-refractivity contribution is -0.167. The number of hydrogen-bond acceptors (Lipinski definition) is 6. The van der Waals surface area contributed by atoms with Gasteiger partial charge in [0.2, 0.25) is 0 Å². The fourth-order valence-electron chi connectivity index (χ4n) is 2.84. The predicted octanol–water partition coefficient (Wildman–Crippen LogP) is 4.78. The average Bonchev–Trinajstić information content (AvgIpc) is 2.67. The van der Waals surface area contributed by atoms with E-state index < -0.39 is 35.3 Å². The summed E-state index contributed by atoms with van der Waals surface area (Å²) in [6, 6.07) is 6.50. The van der Waals surface area contributed by atoms with Gasteiger partial charge in [0.05, 0.1) is 0 Å². The van der Waals surface area contributed by atoms with Crippen LogP contribution in [0.4, 0.5) is 18.9 Å². The van der Waals surface area contributed by atoms with Crippen molar-refractivity contribution >= 4 is 17.6 Å². The van der Waals surface area contributed by atoms with Crippen molar-refractivity contribution in [2.45, 2.75) is 38.4 Å². The molecule has 8 nitrogen and oxygen atoms in total. The Morgan fingerprint density at radius 2 is 1.78 bits per heavy atom. The van der Waals surface area contributed by atoms with Gasteiger partial charge in [0.25, 0.3) is 0 Å². The molecule has 11 heteroatoms. The molecule has 1 unspecified atom stereocenters. The standard InChI is InChI=1S/C21H21F3N2O6/c1-20(2,3)14-8-11(4-7-15(14)25-19(30)21(22,23)24)16(26-31)10-32-12-5-6-13(18(28)29)17(27)9-12/h4-9,16,27H,10H2,1-3H3,(H,25,30)(H,28,29). The molecule has 0 spiro atoms. The van der Waals surface area contributed by atoms with Crippen molar-refractivity contribution in [3.8, 4) is 11.5 Å². The molecule has 3 N–H and O–H groups in total. The Hall–Kier alpha value is -3.63. The van der Waals surface area contributed by atoms with Crippen LogP contribution in [-0.2, 0) is 10.2 Å². The number of carbonyl (C=O) groups is 2. The Morgan fingerprint density at radius 1 is 1.12 bits per heavy atom. The molecule has 2 aromatic carbocycles. The van der Waals surface area contributed by atoms with E-state index in [0.717, 1.165) is 12.1 Å². The maximum atomic E-state index is 12.6. The average molecular weight is 454 g/mol. The number of phenols is 1. The molecule has 0 aliphatic carbocycles. The number of nitrogens with zero attached hydrogens (tertiary/aromatic N) is 1. The number of halogens is 3. The second-order valence-electron chi connectivity index (χ2n) is 7.92. The normalized spacial score (nSPS) is 12.7. The topological polar surface area (TPSA) is 125 Å². The fraction of sp³-hybridized carbons (Fsp3) is 0.333. The van der Waals surface area contributed by atoms with Crippen molar-refractivity contribution in [3.63, 3.8) is 0 Å². The molecule has 0 saturated heterocycles. The van der Waals surface area contributed by atoms with Crippen LogP contribution in [0.25, 0.3) is 0 Å². The predicted molar refractivity (Wildman–Crippen MR) is 109 cm³/mol. The van der Waals surface area contributed by atoms with Crippen molar-refractivity contribution in [2.24, 2.45) is 5.18 Å². The van der Waals surface area contributed by atoms with Crippen molar-refractivity contribution in [1.82, 2.24) is 0 Å². The zero-order valence-corrected chi connectivity index (χ0v) is 17.4. The number of nitrogens with one attached hydrogen (secondary N) is 1. The minimum Gasteiger partial charge on any atom is -0.507 e. The number of alkyl halides is 3. The van der Waals surface area contributed by atoms with E-state index in [4.69, 9.17) is 9.84 Å². The Labute approximate surface area is 181 Å². The molecule has 0 saturated carbocycles. The molecule has 32 heavy (non-hydrogen) atoms. The van der Waals surface area contributed by atoms with Crippen molar-refractivity contribution in [1.29, 1.82) is 0 Å². The van der Waals surface area contributed by atoms with E-state index >= 15 is 0 Å². The van der Waals surface area contributed by atoms with Crippen molar-refractivity contribution in [3.05, 3.63) is 58.0 Å². The molecule has 2 aromatic rings. The van der Waals surface area contributed by atoms with Gasteiger partial charge in [-0.05, 0) is 34.7 Å². The Morgan fingerprint density at radius 3 is 2.28 bits per heavy atom. The minimum absolute atomic E-state index is 0.0525. The number of hydrogen-bond donors (Lipinski definition) is 3. The zero-order valence-electron chi connectivity index (χ0n) is 17.4. The number of anilines is 1. The summed E-state index contributed by atoms with van der Waals surface area (Å²) in [5, 5.41) is 23.5. The molecular weight excluding hydrogens is 433 g/mol. The van der Waals surface area contributed by atoms with Crippen LogP contribution in [0.5, 0.6) is 11.5 Å². The number of benzene rings is 2. The Kier molecular flexibility index (Phi) is 7.12. The summed E-state index contributed by atoms with van der Waals surface area (Å²) >= 11 is 0. The zero-order chi connectivity index (χ0) is 24.3. The van der Waals surface area contributed by atoms with Crippen LogP contribution in [0.1, 0.15) is 48.3 Å². The summed E-state index contributed by atoms with van der Waals surface area (Å²) in [6.45, 7) is 4.89. The molecule has 1 atom stereocenters. The summed E-state index contributed by atoms with van der Waals surface area (Å²) in [5.74, 6) is -3.88. The summed E-state index contributed by atoms with van der Waals surface area (Å²) in [4.78, 5) is 33.7. The van der Waals surface area contributed by atoms with Gasteiger partial charge in [0.1, 0.15) is 23.7 Å². The molecule has 1 amide bonds. The number of carboxylic acids is 1. The van der Waals surface area contributed by atoms with Gasteiger partial charge in [-0.2, -0.15) is 18.1 Å². The van der Waals surface area contributed by atoms with Gasteiger partial charge in [-0.1, -0.05) is 38.1 Å². The van der Waals surface area contributed by atoms with Crippen LogP contribution in [0.15, 0.2) is 41.6 Å². The van der Waals surface area contributed by atoms with Crippen LogP contribution in [0.2, 0.25) is 0 Å². The maximum absolute atomic E-state index is 12.6. The van der Waals surface area contributed by atoms with Crippen LogP contribution >= 0.6 is 0 Å². The highest BCUT2D eigenvalue weighted by Gasteiger charge is 2.39. The molecule has 2 rings (SSSR count). The van der Waals surface area contributed by atoms with E-state index in [9.17, 15) is 32.8 Å². The quantitative estimate of drug-likeness (QED) is 0.517. The monoisotopic (exact) mass is 454 g/mol. The number of aromatic carboxylic acids is 1. The van der Waals surface area contributed by atoms with Crippen LogP contribution in [-0.4, -0.2) is 34.9 Å². The van der Waals surface area contributed by atoms with Gasteiger partial charge in [0.15, 0.2) is 6.04 Å². The van der Waals surface area contributed by atoms with E-state index in [1.54, 1.807) is 20.8 Å². The molecule has 0 heterocycles. The molecule has 0 fully saturated rings. The lowest BCUT2D eigenvalue weighted by Gasteiger charge is -2.25. The second kappa shape index (κ2) is 9.25. The van der Waals surface area contributed by atoms with E-state index in [1.165, 1.54) is 24.3 Å². The molecular formula is C21H21F3N2O6. The summed E-state index contributed by atoms with van der Waals surface area (Å²) in [5.41, 5.74) is -0.375. The number of carboxylic acid groups (broad SMARTS) is 1. The van der Waals surface area contributed by atoms with Gasteiger partial charge in [-0.25, -0.2) is 4.79 Å². The minimum atomic E-state index is -5.06. The molecule has 0 radical (unpaired) electrons. The highest BCUT2D eigenvalue weighted by atomic mass is 19.4. The van der Waals surface area contributed by atoms with Gasteiger partial charge in [-0.15, -0.1) is 0 Å². The number of aromatic hydroxyl groups is 1. The van der Waals surface area contributed by atoms with Crippen molar-refractivity contribution < 1.29 is 37.7 Å². The van der Waals surface area contributed by atoms with E-state index in [2.05, 4.69) is 5.18 Å². The van der Waals surface area contributed by atoms with E-state index in [-0.39, 0.29) is 23.6 Å². The SMILES string of the molecule is CC(C)(C)c1cc(C(COc2ccc(C(=O)O)c(O)c2)N=O)ccc1NC(=O)C(F)(F)F. The Bertz CT molecular complexity index is 1030. The van der Waals surface area contributed by atoms with Crippen LogP contribution < -0.4 is 10.1 Å². The highest BCUT2D eigenvalue weighted by Crippen LogP contribution is 2.34. The molecule has 172 valence electrons. The van der Waals surface area contributed by atoms with Crippen LogP contribution in [0, 0.1) is 4.91 Å². The van der Waals surface area contributed by atoms with Gasteiger partial charge in [0, 0.05) is 11.8 Å². The van der Waals surface area contributed by atoms with Gasteiger partial charge in [-0.3, -0.25) is 4.79 Å². The highest BCUT2D eigenvalue weighted by molar-refractivity contribution is 5.95. The number of rotatable bonds is 7. The number of nitroso groups, excluding NO2 is 1. The van der Waals surface area contributed by atoms with Crippen LogP contribution in [0.3, 0.4) is 0 Å². The third kappa shape index (κ3) is 5.96. The largest absolute Gasteiger partial charge is 0.507 e. The molecule has 0 aliphatic rings. The third-order valence-corrected chi connectivity index (χ3v) is 4.48. The number of carbonyl (C=O) groups excluding carboxylic acids is 1. The summed E-state index contributed by atoms with van der Waals surface area (Å²) in [6.07, 6.45) is -5.06. The van der Waals surface area contributed by atoms with Gasteiger partial charge < -0.3 is 20.3 Å². The number of amides is 1. The fourth-order valence-corrected chi connectivity index (χ4v) is 2.84. The lowest BCUT2D eigenvalue weighted by Crippen LogP contribution is -2.31. The first-order valence-corrected chi connectivity index (χ1v) is 9.28. The molecule has 0 bridgehead atoms. The Balaban J connectivity index is 2.28. The molecule has 0 aromatic heterocycles. The molecule has 0 aliphatic heterocycles. The smallest absolute Gasteiger partial charge is 0.471 e. The van der Waals surface area contributed by atoms with Gasteiger partial charge >= 0.3 is 18.1 Å². The second-order valence-corrected chi connectivity index (χ2v) is 7.92. The summed E-state index contributed by atoms with van der Waals surface area (Å²) in [7, 11) is 0. The van der Waals surface area contributed by atoms with E-state index in [0.29, 0.717) is 11.1 Å². The first-order valence-electron chi connectivity index (χ1n) is 9.28. The van der Waals surface area contributed by atoms with E-state index in [1.807, 2.05) is 5.32 Å². The lowest BCUT2D eigenvalue weighted by atomic mass is 9.84. The summed E-state index contributed by atoms with van der Waals surface area (Å²) < 4.78 is 43.4. The first-order chi connectivity index (χ1) is 14.7. The third-order valence-electron chi connectivity index (χ3n) is 4.48. The first kappa shape index (κ1) is 24.6. The van der Waals surface area contributed by atoms with Crippen molar-refractivity contribution in [2.75, 3.05) is 11.9 Å².